The summed E-state index contributed by atoms with van der Waals surface area (Å²) in [5, 5.41) is 6.84. The maximum absolute atomic E-state index is 12.8. The Morgan fingerprint density at radius 3 is 2.77 bits per heavy atom. The molecule has 4 rings (SSSR count). The van der Waals surface area contributed by atoms with Gasteiger partial charge in [-0.15, -0.1) is 0 Å². The van der Waals surface area contributed by atoms with Gasteiger partial charge < -0.3 is 20.5 Å². The Bertz CT molecular complexity index is 871. The Morgan fingerprint density at radius 2 is 2.00 bits per heavy atom. The molecule has 1 aliphatic heterocycles. The third kappa shape index (κ3) is 5.66. The maximum atomic E-state index is 12.8. The number of aromatic nitrogens is 2. The molecule has 2 aliphatic rings. The number of amides is 1. The predicted molar refractivity (Wildman–Crippen MR) is 124 cm³/mol. The zero-order chi connectivity index (χ0) is 21.5. The van der Waals surface area contributed by atoms with Gasteiger partial charge in [-0.25, -0.2) is 9.98 Å². The van der Waals surface area contributed by atoms with Crippen LogP contribution in [0.1, 0.15) is 51.3 Å². The topological polar surface area (TPSA) is 85.4 Å². The van der Waals surface area contributed by atoms with Crippen molar-refractivity contribution >= 4 is 11.9 Å². The van der Waals surface area contributed by atoms with Gasteiger partial charge in [-0.3, -0.25) is 4.79 Å². The Hall–Kier alpha value is -2.83. The van der Waals surface area contributed by atoms with Crippen molar-refractivity contribution < 1.29 is 4.79 Å². The van der Waals surface area contributed by atoms with Crippen LogP contribution in [0.5, 0.6) is 0 Å². The van der Waals surface area contributed by atoms with Crippen LogP contribution in [0, 0.1) is 5.92 Å². The van der Waals surface area contributed by atoms with E-state index in [-0.39, 0.29) is 12.0 Å². The van der Waals surface area contributed by atoms with Gasteiger partial charge in [-0.2, -0.15) is 0 Å². The molecule has 7 nitrogen and oxygen atoms in total. The molecule has 0 radical (unpaired) electrons. The number of guanidine groups is 1. The van der Waals surface area contributed by atoms with Crippen molar-refractivity contribution in [3.63, 3.8) is 0 Å². The fraction of sp³-hybridized carbons (Fsp3) is 0.542. The Labute approximate surface area is 184 Å². The van der Waals surface area contributed by atoms with Crippen molar-refractivity contribution in [2.24, 2.45) is 10.9 Å². The van der Waals surface area contributed by atoms with E-state index >= 15 is 0 Å². The van der Waals surface area contributed by atoms with E-state index in [1.54, 1.807) is 0 Å². The molecule has 166 valence electrons. The van der Waals surface area contributed by atoms with Crippen molar-refractivity contribution in [1.29, 1.82) is 0 Å². The van der Waals surface area contributed by atoms with Gasteiger partial charge in [0.05, 0.1) is 11.9 Å². The lowest BCUT2D eigenvalue weighted by molar-refractivity contribution is -0.135. The van der Waals surface area contributed by atoms with Crippen LogP contribution in [0.4, 0.5) is 0 Å². The molecule has 2 fully saturated rings. The number of hydrogen-bond donors (Lipinski definition) is 3. The van der Waals surface area contributed by atoms with E-state index in [1.807, 2.05) is 24.4 Å². The number of nitrogens with one attached hydrogen (secondary N) is 3. The van der Waals surface area contributed by atoms with Crippen LogP contribution < -0.4 is 10.6 Å². The lowest BCUT2D eigenvalue weighted by Crippen LogP contribution is -2.45. The van der Waals surface area contributed by atoms with E-state index in [9.17, 15) is 4.79 Å². The molecule has 7 heteroatoms. The molecule has 1 saturated carbocycles. The van der Waals surface area contributed by atoms with Crippen molar-refractivity contribution in [3.05, 3.63) is 42.4 Å². The molecule has 0 spiro atoms. The van der Waals surface area contributed by atoms with Gasteiger partial charge in [0.25, 0.3) is 0 Å². The minimum absolute atomic E-state index is 0.238. The van der Waals surface area contributed by atoms with Gasteiger partial charge in [0.1, 0.15) is 12.4 Å². The molecular weight excluding hydrogens is 388 g/mol. The molecular formula is C24H34N6O. The molecule has 1 atom stereocenters. The highest BCUT2D eigenvalue weighted by Crippen LogP contribution is 2.26. The number of H-pyrrole nitrogens is 1. The standard InChI is InChI=1S/C24H34N6O/c1-2-25-24(27-16-22-26-15-21(29-22)18-9-5-3-6-10-18)28-20-13-14-30(17-20)23(31)19-11-7-4-8-12-19/h3,5-6,9-10,15,19-20H,2,4,7-8,11-14,16-17H2,1H3,(H,26,29)(H2,25,27,28). The SMILES string of the molecule is CCNC(=NCc1ncc(-c2ccccc2)[nH]1)NC1CCN(C(=O)C2CCCCC2)C1. The fourth-order valence-corrected chi connectivity index (χ4v) is 4.56. The number of likely N-dealkylation sites (tertiary alicyclic amines) is 1. The summed E-state index contributed by atoms with van der Waals surface area (Å²) in [7, 11) is 0. The first-order valence-corrected chi connectivity index (χ1v) is 11.7. The molecule has 1 aromatic heterocycles. The number of imidazole rings is 1. The van der Waals surface area contributed by atoms with E-state index < -0.39 is 0 Å². The van der Waals surface area contributed by atoms with Crippen LogP contribution in [0.3, 0.4) is 0 Å². The third-order valence-electron chi connectivity index (χ3n) is 6.24. The first kappa shape index (κ1) is 21.4. The fourth-order valence-electron chi connectivity index (χ4n) is 4.56. The van der Waals surface area contributed by atoms with E-state index in [2.05, 4.69) is 44.6 Å². The molecule has 3 N–H and O–H groups in total. The third-order valence-corrected chi connectivity index (χ3v) is 6.24. The highest BCUT2D eigenvalue weighted by Gasteiger charge is 2.31. The Morgan fingerprint density at radius 1 is 1.19 bits per heavy atom. The van der Waals surface area contributed by atoms with Gasteiger partial charge in [-0.05, 0) is 31.7 Å². The average molecular weight is 423 g/mol. The van der Waals surface area contributed by atoms with Gasteiger partial charge in [0.2, 0.25) is 5.91 Å². The Kier molecular flexibility index (Phi) is 7.22. The second kappa shape index (κ2) is 10.5. The molecule has 1 saturated heterocycles. The zero-order valence-electron chi connectivity index (χ0n) is 18.4. The first-order chi connectivity index (χ1) is 15.2. The number of benzene rings is 1. The highest BCUT2D eigenvalue weighted by atomic mass is 16.2. The predicted octanol–water partition coefficient (Wildman–Crippen LogP) is 3.31. The van der Waals surface area contributed by atoms with Crippen LogP contribution in [0.2, 0.25) is 0 Å². The number of rotatable bonds is 6. The molecule has 1 unspecified atom stereocenters. The van der Waals surface area contributed by atoms with E-state index in [0.717, 1.165) is 61.9 Å². The highest BCUT2D eigenvalue weighted by molar-refractivity contribution is 5.81. The van der Waals surface area contributed by atoms with Crippen molar-refractivity contribution in [1.82, 2.24) is 25.5 Å². The molecule has 2 aromatic rings. The van der Waals surface area contributed by atoms with Crippen molar-refractivity contribution in [2.75, 3.05) is 19.6 Å². The van der Waals surface area contributed by atoms with Gasteiger partial charge in [0.15, 0.2) is 5.96 Å². The first-order valence-electron chi connectivity index (χ1n) is 11.7. The monoisotopic (exact) mass is 422 g/mol. The Balaban J connectivity index is 1.32. The van der Waals surface area contributed by atoms with Crippen LogP contribution >= 0.6 is 0 Å². The summed E-state index contributed by atoms with van der Waals surface area (Å²) in [5.74, 6) is 2.20. The maximum Gasteiger partial charge on any atom is 0.225 e. The summed E-state index contributed by atoms with van der Waals surface area (Å²) >= 11 is 0. The lowest BCUT2D eigenvalue weighted by Gasteiger charge is -2.26. The largest absolute Gasteiger partial charge is 0.357 e. The van der Waals surface area contributed by atoms with Crippen molar-refractivity contribution in [2.45, 2.75) is 58.0 Å². The summed E-state index contributed by atoms with van der Waals surface area (Å²) in [6, 6.07) is 10.4. The number of hydrogen-bond acceptors (Lipinski definition) is 3. The molecule has 1 aromatic carbocycles. The van der Waals surface area contributed by atoms with Gasteiger partial charge in [-0.1, -0.05) is 49.6 Å². The number of carbonyl (C=O) groups is 1. The average Bonchev–Trinajstić information content (AvgIpc) is 3.48. The molecule has 1 aliphatic carbocycles. The van der Waals surface area contributed by atoms with E-state index in [0.29, 0.717) is 12.5 Å². The quantitative estimate of drug-likeness (QED) is 0.492. The van der Waals surface area contributed by atoms with Crippen molar-refractivity contribution in [3.8, 4) is 11.3 Å². The number of nitrogens with zero attached hydrogens (tertiary/aromatic N) is 3. The zero-order valence-corrected chi connectivity index (χ0v) is 18.4. The van der Waals surface area contributed by atoms with Gasteiger partial charge >= 0.3 is 0 Å². The summed E-state index contributed by atoms with van der Waals surface area (Å²) < 4.78 is 0. The molecule has 2 heterocycles. The van der Waals surface area contributed by atoms with Crippen LogP contribution in [-0.4, -0.2) is 52.4 Å². The smallest absolute Gasteiger partial charge is 0.225 e. The molecule has 1 amide bonds. The second-order valence-electron chi connectivity index (χ2n) is 8.55. The summed E-state index contributed by atoms with van der Waals surface area (Å²) in [5.41, 5.74) is 2.11. The number of carbonyl (C=O) groups excluding carboxylic acids is 1. The van der Waals surface area contributed by atoms with E-state index in [4.69, 9.17) is 4.99 Å². The summed E-state index contributed by atoms with van der Waals surface area (Å²) in [4.78, 5) is 27.4. The van der Waals surface area contributed by atoms with Crippen LogP contribution in [0.25, 0.3) is 11.3 Å². The van der Waals surface area contributed by atoms with Crippen LogP contribution in [-0.2, 0) is 11.3 Å². The molecule has 0 bridgehead atoms. The summed E-state index contributed by atoms with van der Waals surface area (Å²) in [6.07, 6.45) is 8.61. The molecule has 31 heavy (non-hydrogen) atoms. The number of aromatic amines is 1. The normalized spacial score (nSPS) is 20.1. The summed E-state index contributed by atoms with van der Waals surface area (Å²) in [6.45, 7) is 4.92. The number of aliphatic imine (C=N–C) groups is 1. The minimum Gasteiger partial charge on any atom is -0.357 e. The second-order valence-corrected chi connectivity index (χ2v) is 8.55. The van der Waals surface area contributed by atoms with Crippen LogP contribution in [0.15, 0.2) is 41.5 Å². The van der Waals surface area contributed by atoms with Gasteiger partial charge in [0, 0.05) is 31.6 Å². The minimum atomic E-state index is 0.238. The van der Waals surface area contributed by atoms with E-state index in [1.165, 1.54) is 19.3 Å². The lowest BCUT2D eigenvalue weighted by atomic mass is 9.88.